The molecule has 6 nitrogen and oxygen atoms in total. The number of rotatable bonds is 6. The first-order chi connectivity index (χ1) is 14.8. The van der Waals surface area contributed by atoms with Gasteiger partial charge in [0.05, 0.1) is 17.4 Å². The molecule has 7 heteroatoms. The Labute approximate surface area is 184 Å². The SMILES string of the molecule is COc1ccc(C(C)C)cc1C1(C(=O)NS(=O)(=O)c2cccc3c2CCCN3)CCC1. The monoisotopic (exact) mass is 442 g/mol. The van der Waals surface area contributed by atoms with Gasteiger partial charge in [-0.25, -0.2) is 13.1 Å². The number of sulfonamides is 1. The van der Waals surface area contributed by atoms with E-state index in [1.807, 2.05) is 24.3 Å². The van der Waals surface area contributed by atoms with Crippen molar-refractivity contribution in [1.29, 1.82) is 0 Å². The molecule has 0 spiro atoms. The Bertz CT molecular complexity index is 1100. The van der Waals surface area contributed by atoms with Crippen LogP contribution in [-0.2, 0) is 26.7 Å². The predicted octanol–water partition coefficient (Wildman–Crippen LogP) is 4.10. The second-order valence-corrected chi connectivity index (χ2v) is 10.4. The van der Waals surface area contributed by atoms with Gasteiger partial charge in [-0.2, -0.15) is 0 Å². The number of carbonyl (C=O) groups is 1. The van der Waals surface area contributed by atoms with Gasteiger partial charge in [-0.1, -0.05) is 38.5 Å². The number of hydrogen-bond acceptors (Lipinski definition) is 5. The highest BCUT2D eigenvalue weighted by molar-refractivity contribution is 7.90. The van der Waals surface area contributed by atoms with E-state index in [1.165, 1.54) is 0 Å². The molecule has 1 aliphatic heterocycles. The smallest absolute Gasteiger partial charge is 0.264 e. The molecule has 0 bridgehead atoms. The Morgan fingerprint density at radius 1 is 1.16 bits per heavy atom. The molecule has 1 amide bonds. The van der Waals surface area contributed by atoms with Crippen LogP contribution in [0.3, 0.4) is 0 Å². The summed E-state index contributed by atoms with van der Waals surface area (Å²) < 4.78 is 34.5. The van der Waals surface area contributed by atoms with Crippen LogP contribution >= 0.6 is 0 Å². The fourth-order valence-electron chi connectivity index (χ4n) is 4.61. The molecule has 2 aromatic rings. The summed E-state index contributed by atoms with van der Waals surface area (Å²) in [6.45, 7) is 5.00. The summed E-state index contributed by atoms with van der Waals surface area (Å²) in [5.41, 5.74) is 2.55. The molecule has 166 valence electrons. The fourth-order valence-corrected chi connectivity index (χ4v) is 5.96. The van der Waals surface area contributed by atoms with Gasteiger partial charge in [-0.15, -0.1) is 0 Å². The van der Waals surface area contributed by atoms with Crippen molar-refractivity contribution in [1.82, 2.24) is 4.72 Å². The van der Waals surface area contributed by atoms with E-state index in [0.717, 1.165) is 41.8 Å². The van der Waals surface area contributed by atoms with Gasteiger partial charge in [-0.05, 0) is 60.9 Å². The Balaban J connectivity index is 1.70. The highest BCUT2D eigenvalue weighted by Crippen LogP contribution is 2.48. The summed E-state index contributed by atoms with van der Waals surface area (Å²) >= 11 is 0. The van der Waals surface area contributed by atoms with Gasteiger partial charge in [0.15, 0.2) is 0 Å². The minimum absolute atomic E-state index is 0.183. The molecule has 1 fully saturated rings. The van der Waals surface area contributed by atoms with E-state index in [2.05, 4.69) is 23.9 Å². The number of fused-ring (bicyclic) bond motifs is 1. The van der Waals surface area contributed by atoms with Gasteiger partial charge < -0.3 is 10.1 Å². The molecular formula is C24H30N2O4S. The maximum absolute atomic E-state index is 13.5. The van der Waals surface area contributed by atoms with Gasteiger partial charge in [-0.3, -0.25) is 4.79 Å². The van der Waals surface area contributed by atoms with Crippen LogP contribution in [0.2, 0.25) is 0 Å². The molecule has 2 N–H and O–H groups in total. The Morgan fingerprint density at radius 3 is 2.58 bits per heavy atom. The molecule has 2 aromatic carbocycles. The van der Waals surface area contributed by atoms with E-state index in [9.17, 15) is 13.2 Å². The van der Waals surface area contributed by atoms with Crippen LogP contribution in [0, 0.1) is 0 Å². The number of carbonyl (C=O) groups excluding carboxylic acids is 1. The van der Waals surface area contributed by atoms with E-state index < -0.39 is 21.3 Å². The summed E-state index contributed by atoms with van der Waals surface area (Å²) in [5.74, 6) is 0.439. The lowest BCUT2D eigenvalue weighted by atomic mass is 9.63. The number of amides is 1. The molecule has 0 radical (unpaired) electrons. The molecule has 1 saturated carbocycles. The van der Waals surface area contributed by atoms with Gasteiger partial charge in [0, 0.05) is 17.8 Å². The third-order valence-electron chi connectivity index (χ3n) is 6.62. The normalized spacial score (nSPS) is 17.3. The standard InChI is InChI=1S/C24H30N2O4S/c1-16(2)17-10-11-21(30-3)19(15-17)24(12-6-13-24)23(27)26-31(28,29)22-9-4-8-20-18(22)7-5-14-25-20/h4,8-11,15-16,25H,5-7,12-14H2,1-3H3,(H,26,27). The van der Waals surface area contributed by atoms with Gasteiger partial charge in [0.25, 0.3) is 10.0 Å². The maximum Gasteiger partial charge on any atom is 0.264 e. The molecule has 31 heavy (non-hydrogen) atoms. The van der Waals surface area contributed by atoms with Crippen molar-refractivity contribution in [2.75, 3.05) is 19.0 Å². The number of hydrogen-bond donors (Lipinski definition) is 2. The number of methoxy groups -OCH3 is 1. The largest absolute Gasteiger partial charge is 0.496 e. The number of benzene rings is 2. The van der Waals surface area contributed by atoms with Crippen molar-refractivity contribution < 1.29 is 17.9 Å². The predicted molar refractivity (Wildman–Crippen MR) is 121 cm³/mol. The minimum atomic E-state index is -3.99. The van der Waals surface area contributed by atoms with Gasteiger partial charge in [0.2, 0.25) is 5.91 Å². The lowest BCUT2D eigenvalue weighted by Gasteiger charge is -2.41. The highest BCUT2D eigenvalue weighted by Gasteiger charge is 2.49. The Hall–Kier alpha value is -2.54. The van der Waals surface area contributed by atoms with E-state index in [-0.39, 0.29) is 10.8 Å². The summed E-state index contributed by atoms with van der Waals surface area (Å²) in [5, 5.41) is 3.25. The molecule has 0 aromatic heterocycles. The molecule has 1 heterocycles. The van der Waals surface area contributed by atoms with Gasteiger partial charge in [0.1, 0.15) is 5.75 Å². The first-order valence-electron chi connectivity index (χ1n) is 10.9. The van der Waals surface area contributed by atoms with E-state index in [0.29, 0.717) is 25.0 Å². The van der Waals surface area contributed by atoms with Crippen molar-refractivity contribution in [3.05, 3.63) is 53.1 Å². The van der Waals surface area contributed by atoms with Crippen molar-refractivity contribution in [2.45, 2.75) is 62.2 Å². The number of nitrogens with one attached hydrogen (secondary N) is 2. The van der Waals surface area contributed by atoms with Crippen LogP contribution in [0.4, 0.5) is 5.69 Å². The van der Waals surface area contributed by atoms with Crippen LogP contribution in [0.25, 0.3) is 0 Å². The molecule has 4 rings (SSSR count). The van der Waals surface area contributed by atoms with Crippen LogP contribution < -0.4 is 14.8 Å². The fraction of sp³-hybridized carbons (Fsp3) is 0.458. The van der Waals surface area contributed by atoms with Crippen LogP contribution in [0.15, 0.2) is 41.3 Å². The van der Waals surface area contributed by atoms with Crippen LogP contribution in [0.1, 0.15) is 62.1 Å². The summed E-state index contributed by atoms with van der Waals surface area (Å²) in [6.07, 6.45) is 3.59. The molecular weight excluding hydrogens is 412 g/mol. The van der Waals surface area contributed by atoms with Crippen molar-refractivity contribution >= 4 is 21.6 Å². The van der Waals surface area contributed by atoms with Crippen LogP contribution in [-0.4, -0.2) is 28.0 Å². The van der Waals surface area contributed by atoms with E-state index in [1.54, 1.807) is 19.2 Å². The zero-order valence-electron chi connectivity index (χ0n) is 18.3. The third kappa shape index (κ3) is 3.80. The highest BCUT2D eigenvalue weighted by atomic mass is 32.2. The average molecular weight is 443 g/mol. The summed E-state index contributed by atoms with van der Waals surface area (Å²) in [4.78, 5) is 13.7. The average Bonchev–Trinajstić information content (AvgIpc) is 2.72. The van der Waals surface area contributed by atoms with Crippen molar-refractivity contribution in [3.8, 4) is 5.75 Å². The zero-order chi connectivity index (χ0) is 22.2. The second kappa shape index (κ2) is 8.19. The molecule has 2 aliphatic rings. The van der Waals surface area contributed by atoms with E-state index in [4.69, 9.17) is 4.74 Å². The first kappa shape index (κ1) is 21.7. The zero-order valence-corrected chi connectivity index (χ0v) is 19.1. The second-order valence-electron chi connectivity index (χ2n) is 8.80. The Morgan fingerprint density at radius 2 is 1.94 bits per heavy atom. The van der Waals surface area contributed by atoms with Crippen molar-refractivity contribution in [2.24, 2.45) is 0 Å². The number of anilines is 1. The maximum atomic E-state index is 13.5. The molecule has 0 unspecified atom stereocenters. The quantitative estimate of drug-likeness (QED) is 0.704. The topological polar surface area (TPSA) is 84.5 Å². The van der Waals surface area contributed by atoms with E-state index >= 15 is 0 Å². The minimum Gasteiger partial charge on any atom is -0.496 e. The third-order valence-corrected chi connectivity index (χ3v) is 8.03. The molecule has 1 aliphatic carbocycles. The molecule has 0 atom stereocenters. The first-order valence-corrected chi connectivity index (χ1v) is 12.4. The Kier molecular flexibility index (Phi) is 5.73. The lowest BCUT2D eigenvalue weighted by Crippen LogP contribution is -2.51. The summed E-state index contributed by atoms with van der Waals surface area (Å²) in [6, 6.07) is 11.1. The van der Waals surface area contributed by atoms with Crippen molar-refractivity contribution in [3.63, 3.8) is 0 Å². The van der Waals surface area contributed by atoms with Crippen LogP contribution in [0.5, 0.6) is 5.75 Å². The number of ether oxygens (including phenoxy) is 1. The summed E-state index contributed by atoms with van der Waals surface area (Å²) in [7, 11) is -2.41. The lowest BCUT2D eigenvalue weighted by molar-refractivity contribution is -0.128. The molecule has 0 saturated heterocycles. The van der Waals surface area contributed by atoms with Gasteiger partial charge >= 0.3 is 0 Å².